The van der Waals surface area contributed by atoms with E-state index in [0.717, 1.165) is 16.0 Å². The van der Waals surface area contributed by atoms with Crippen LogP contribution in [0.15, 0.2) is 17.8 Å². The zero-order chi connectivity index (χ0) is 12.6. The molecule has 1 aliphatic heterocycles. The van der Waals surface area contributed by atoms with Crippen LogP contribution in [0.1, 0.15) is 13.3 Å². The highest BCUT2D eigenvalue weighted by atomic mass is 32.1. The molecule has 0 amide bonds. The third kappa shape index (κ3) is 1.96. The quantitative estimate of drug-likeness (QED) is 0.883. The maximum absolute atomic E-state index is 10.4. The molecule has 3 rings (SSSR count). The second kappa shape index (κ2) is 4.46. The lowest BCUT2D eigenvalue weighted by atomic mass is 9.97. The van der Waals surface area contributed by atoms with Gasteiger partial charge in [-0.3, -0.25) is 0 Å². The molecule has 2 aromatic rings. The van der Waals surface area contributed by atoms with Gasteiger partial charge < -0.3 is 15.2 Å². The molecule has 0 spiro atoms. The summed E-state index contributed by atoms with van der Waals surface area (Å²) in [7, 11) is 0. The van der Waals surface area contributed by atoms with Crippen molar-refractivity contribution >= 4 is 27.4 Å². The molecule has 5 nitrogen and oxygen atoms in total. The van der Waals surface area contributed by atoms with E-state index in [9.17, 15) is 5.11 Å². The van der Waals surface area contributed by atoms with Gasteiger partial charge in [-0.25, -0.2) is 9.97 Å². The lowest BCUT2D eigenvalue weighted by Gasteiger charge is -2.26. The van der Waals surface area contributed by atoms with Gasteiger partial charge in [0.1, 0.15) is 17.7 Å². The largest absolute Gasteiger partial charge is 0.385 e. The molecule has 1 fully saturated rings. The van der Waals surface area contributed by atoms with E-state index in [1.807, 2.05) is 18.4 Å². The SMILES string of the molecule is CC1OCCC1(O)CNc1ncnc2ccsc12. The average molecular weight is 265 g/mol. The molecule has 6 heteroatoms. The summed E-state index contributed by atoms with van der Waals surface area (Å²) in [6.45, 7) is 2.95. The first-order valence-corrected chi connectivity index (χ1v) is 6.83. The van der Waals surface area contributed by atoms with Crippen LogP contribution in [0.3, 0.4) is 0 Å². The summed E-state index contributed by atoms with van der Waals surface area (Å²) in [5, 5.41) is 15.6. The first-order valence-electron chi connectivity index (χ1n) is 5.95. The maximum atomic E-state index is 10.4. The predicted molar refractivity (Wildman–Crippen MR) is 70.9 cm³/mol. The van der Waals surface area contributed by atoms with Gasteiger partial charge in [0.05, 0.1) is 16.3 Å². The van der Waals surface area contributed by atoms with Gasteiger partial charge in [0.25, 0.3) is 0 Å². The number of nitrogens with one attached hydrogen (secondary N) is 1. The lowest BCUT2D eigenvalue weighted by molar-refractivity contribution is -0.0176. The molecule has 0 aromatic carbocycles. The summed E-state index contributed by atoms with van der Waals surface area (Å²) in [4.78, 5) is 8.42. The Bertz CT molecular complexity index is 559. The number of rotatable bonds is 3. The van der Waals surface area contributed by atoms with E-state index in [1.54, 1.807) is 11.3 Å². The van der Waals surface area contributed by atoms with Gasteiger partial charge in [0.2, 0.25) is 0 Å². The van der Waals surface area contributed by atoms with Crippen LogP contribution >= 0.6 is 11.3 Å². The van der Waals surface area contributed by atoms with Gasteiger partial charge in [-0.2, -0.15) is 0 Å². The Kier molecular flexibility index (Phi) is 2.93. The Morgan fingerprint density at radius 1 is 1.61 bits per heavy atom. The Morgan fingerprint density at radius 2 is 2.50 bits per heavy atom. The highest BCUT2D eigenvalue weighted by Crippen LogP contribution is 2.28. The van der Waals surface area contributed by atoms with Gasteiger partial charge >= 0.3 is 0 Å². The molecule has 1 aliphatic rings. The fraction of sp³-hybridized carbons (Fsp3) is 0.500. The van der Waals surface area contributed by atoms with Crippen LogP contribution in [-0.4, -0.2) is 39.9 Å². The van der Waals surface area contributed by atoms with E-state index in [0.29, 0.717) is 19.6 Å². The molecular formula is C12H15N3O2S. The first-order chi connectivity index (χ1) is 8.69. The summed E-state index contributed by atoms with van der Waals surface area (Å²) >= 11 is 1.60. The fourth-order valence-electron chi connectivity index (χ4n) is 2.15. The van der Waals surface area contributed by atoms with Crippen molar-refractivity contribution in [2.75, 3.05) is 18.5 Å². The van der Waals surface area contributed by atoms with Gasteiger partial charge in [-0.1, -0.05) is 0 Å². The van der Waals surface area contributed by atoms with E-state index in [4.69, 9.17) is 4.74 Å². The van der Waals surface area contributed by atoms with Crippen molar-refractivity contribution in [3.63, 3.8) is 0 Å². The molecule has 2 unspecified atom stereocenters. The number of hydrogen-bond donors (Lipinski definition) is 2. The standard InChI is InChI=1S/C12H15N3O2S/c1-8-12(16,3-4-17-8)6-13-11-10-9(2-5-18-10)14-7-15-11/h2,5,7-8,16H,3-4,6H2,1H3,(H,13,14,15). The molecule has 2 N–H and O–H groups in total. The number of aromatic nitrogens is 2. The van der Waals surface area contributed by atoms with E-state index in [2.05, 4.69) is 15.3 Å². The molecule has 18 heavy (non-hydrogen) atoms. The minimum absolute atomic E-state index is 0.148. The maximum Gasteiger partial charge on any atom is 0.147 e. The van der Waals surface area contributed by atoms with E-state index in [1.165, 1.54) is 6.33 Å². The van der Waals surface area contributed by atoms with Crippen molar-refractivity contribution in [1.82, 2.24) is 9.97 Å². The molecule has 96 valence electrons. The minimum Gasteiger partial charge on any atom is -0.385 e. The molecule has 2 atom stereocenters. The van der Waals surface area contributed by atoms with Crippen LogP contribution in [0.4, 0.5) is 5.82 Å². The molecule has 2 aromatic heterocycles. The monoisotopic (exact) mass is 265 g/mol. The minimum atomic E-state index is -0.811. The fourth-order valence-corrected chi connectivity index (χ4v) is 2.97. The third-order valence-corrected chi connectivity index (χ3v) is 4.38. The van der Waals surface area contributed by atoms with E-state index < -0.39 is 5.60 Å². The topological polar surface area (TPSA) is 67.3 Å². The summed E-state index contributed by atoms with van der Waals surface area (Å²) in [6, 6.07) is 1.96. The Morgan fingerprint density at radius 3 is 3.28 bits per heavy atom. The van der Waals surface area contributed by atoms with Crippen molar-refractivity contribution in [3.05, 3.63) is 17.8 Å². The Balaban J connectivity index is 1.79. The van der Waals surface area contributed by atoms with Gasteiger partial charge in [0, 0.05) is 19.6 Å². The highest BCUT2D eigenvalue weighted by Gasteiger charge is 2.39. The number of hydrogen-bond acceptors (Lipinski definition) is 6. The van der Waals surface area contributed by atoms with Crippen molar-refractivity contribution in [1.29, 1.82) is 0 Å². The normalized spacial score (nSPS) is 27.8. The summed E-state index contributed by atoms with van der Waals surface area (Å²) in [5.74, 6) is 0.780. The van der Waals surface area contributed by atoms with Crippen molar-refractivity contribution in [2.24, 2.45) is 0 Å². The van der Waals surface area contributed by atoms with Crippen LogP contribution < -0.4 is 5.32 Å². The second-order valence-corrected chi connectivity index (χ2v) is 5.49. The van der Waals surface area contributed by atoms with E-state index in [-0.39, 0.29) is 6.10 Å². The van der Waals surface area contributed by atoms with Gasteiger partial charge in [0.15, 0.2) is 0 Å². The zero-order valence-corrected chi connectivity index (χ0v) is 10.9. The smallest absolute Gasteiger partial charge is 0.147 e. The summed E-state index contributed by atoms with van der Waals surface area (Å²) < 4.78 is 6.43. The second-order valence-electron chi connectivity index (χ2n) is 4.58. The molecule has 0 saturated carbocycles. The van der Waals surface area contributed by atoms with Crippen molar-refractivity contribution in [2.45, 2.75) is 25.0 Å². The number of nitrogens with zero attached hydrogens (tertiary/aromatic N) is 2. The molecule has 0 radical (unpaired) electrons. The average Bonchev–Trinajstić information content (AvgIpc) is 2.95. The van der Waals surface area contributed by atoms with E-state index >= 15 is 0 Å². The zero-order valence-electron chi connectivity index (χ0n) is 10.1. The number of anilines is 1. The van der Waals surface area contributed by atoms with Crippen LogP contribution in [0, 0.1) is 0 Å². The number of thiophene rings is 1. The van der Waals surface area contributed by atoms with Gasteiger partial charge in [-0.05, 0) is 18.4 Å². The molecular weight excluding hydrogens is 250 g/mol. The molecule has 0 aliphatic carbocycles. The van der Waals surface area contributed by atoms with Crippen LogP contribution in [-0.2, 0) is 4.74 Å². The number of fused-ring (bicyclic) bond motifs is 1. The van der Waals surface area contributed by atoms with Gasteiger partial charge in [-0.15, -0.1) is 11.3 Å². The van der Waals surface area contributed by atoms with Crippen LogP contribution in [0.25, 0.3) is 10.2 Å². The van der Waals surface area contributed by atoms with Crippen LogP contribution in [0.2, 0.25) is 0 Å². The Hall–Kier alpha value is -1.24. The molecule has 3 heterocycles. The molecule has 1 saturated heterocycles. The van der Waals surface area contributed by atoms with Crippen molar-refractivity contribution in [3.8, 4) is 0 Å². The third-order valence-electron chi connectivity index (χ3n) is 3.46. The Labute approximate surface area is 109 Å². The predicted octanol–water partition coefficient (Wildman–Crippen LogP) is 1.64. The van der Waals surface area contributed by atoms with Crippen LogP contribution in [0.5, 0.6) is 0 Å². The summed E-state index contributed by atoms with van der Waals surface area (Å²) in [5.41, 5.74) is 0.120. The lowest BCUT2D eigenvalue weighted by Crippen LogP contribution is -2.43. The number of aliphatic hydroxyl groups is 1. The summed E-state index contributed by atoms with van der Waals surface area (Å²) in [6.07, 6.45) is 2.04. The first kappa shape index (κ1) is 11.8. The molecule has 0 bridgehead atoms. The number of ether oxygens (including phenoxy) is 1. The van der Waals surface area contributed by atoms with Crippen molar-refractivity contribution < 1.29 is 9.84 Å². The highest BCUT2D eigenvalue weighted by molar-refractivity contribution is 7.17.